The Morgan fingerprint density at radius 2 is 1.61 bits per heavy atom. The van der Waals surface area contributed by atoms with Gasteiger partial charge in [-0.1, -0.05) is 24.3 Å². The Labute approximate surface area is 168 Å². The predicted octanol–water partition coefficient (Wildman–Crippen LogP) is 2.24. The van der Waals surface area contributed by atoms with Crippen LogP contribution >= 0.6 is 0 Å². The van der Waals surface area contributed by atoms with E-state index in [4.69, 9.17) is 0 Å². The fourth-order valence-corrected chi connectivity index (χ4v) is 5.17. The predicted molar refractivity (Wildman–Crippen MR) is 110 cm³/mol. The van der Waals surface area contributed by atoms with Crippen molar-refractivity contribution in [3.05, 3.63) is 35.4 Å². The van der Waals surface area contributed by atoms with Crippen LogP contribution < -0.4 is 5.32 Å². The number of benzene rings is 1. The Morgan fingerprint density at radius 1 is 0.964 bits per heavy atom. The molecule has 0 spiro atoms. The first-order valence-corrected chi connectivity index (χ1v) is 10.8. The van der Waals surface area contributed by atoms with Crippen LogP contribution in [-0.2, 0) is 22.4 Å². The monoisotopic (exact) mass is 383 g/mol. The minimum atomic E-state index is 0.0734. The van der Waals surface area contributed by atoms with Crippen molar-refractivity contribution in [3.8, 4) is 0 Å². The molecule has 1 atom stereocenters. The Bertz CT molecular complexity index is 699. The standard InChI is InChI=1S/C23H33N3O2/c1-25(2)21-11-12-26(15-21)23(28)16-7-9-20(10-8-16)24-22(27)19-13-17-5-3-4-6-18(17)14-19/h3-6,16,19-21H,7-15H2,1-2H3,(H,24,27). The lowest BCUT2D eigenvalue weighted by Crippen LogP contribution is -2.44. The summed E-state index contributed by atoms with van der Waals surface area (Å²) in [7, 11) is 4.19. The summed E-state index contributed by atoms with van der Waals surface area (Å²) in [6.07, 6.45) is 6.44. The zero-order chi connectivity index (χ0) is 19.7. The van der Waals surface area contributed by atoms with Crippen molar-refractivity contribution in [1.82, 2.24) is 15.1 Å². The number of carbonyl (C=O) groups excluding carboxylic acids is 2. The van der Waals surface area contributed by atoms with E-state index in [-0.39, 0.29) is 23.8 Å². The van der Waals surface area contributed by atoms with Crippen LogP contribution in [0.25, 0.3) is 0 Å². The van der Waals surface area contributed by atoms with Crippen molar-refractivity contribution in [2.45, 2.75) is 57.0 Å². The van der Waals surface area contributed by atoms with E-state index in [1.165, 1.54) is 11.1 Å². The van der Waals surface area contributed by atoms with E-state index in [9.17, 15) is 9.59 Å². The van der Waals surface area contributed by atoms with Gasteiger partial charge in [-0.2, -0.15) is 0 Å². The van der Waals surface area contributed by atoms with Gasteiger partial charge >= 0.3 is 0 Å². The molecular weight excluding hydrogens is 350 g/mol. The highest BCUT2D eigenvalue weighted by atomic mass is 16.2. The highest BCUT2D eigenvalue weighted by Gasteiger charge is 2.35. The number of likely N-dealkylation sites (tertiary alicyclic amines) is 1. The first kappa shape index (κ1) is 19.4. The fraction of sp³-hybridized carbons (Fsp3) is 0.652. The van der Waals surface area contributed by atoms with Gasteiger partial charge in [0.05, 0.1) is 0 Å². The summed E-state index contributed by atoms with van der Waals surface area (Å²) >= 11 is 0. The minimum Gasteiger partial charge on any atom is -0.353 e. The molecule has 3 aliphatic rings. The summed E-state index contributed by atoms with van der Waals surface area (Å²) in [6.45, 7) is 1.76. The van der Waals surface area contributed by atoms with Crippen LogP contribution in [0.5, 0.6) is 0 Å². The zero-order valence-corrected chi connectivity index (χ0v) is 17.2. The van der Waals surface area contributed by atoms with E-state index >= 15 is 0 Å². The molecule has 1 saturated carbocycles. The summed E-state index contributed by atoms with van der Waals surface area (Å²) in [5.74, 6) is 0.744. The molecule has 28 heavy (non-hydrogen) atoms. The van der Waals surface area contributed by atoms with Crippen LogP contribution in [0.3, 0.4) is 0 Å². The molecule has 1 aromatic carbocycles. The highest BCUT2D eigenvalue weighted by molar-refractivity contribution is 5.81. The summed E-state index contributed by atoms with van der Waals surface area (Å²) in [4.78, 5) is 29.9. The molecule has 0 aromatic heterocycles. The van der Waals surface area contributed by atoms with Crippen molar-refractivity contribution < 1.29 is 9.59 Å². The molecule has 0 radical (unpaired) electrons. The van der Waals surface area contributed by atoms with E-state index in [1.54, 1.807) is 0 Å². The zero-order valence-electron chi connectivity index (χ0n) is 17.2. The number of carbonyl (C=O) groups is 2. The smallest absolute Gasteiger partial charge is 0.225 e. The Hall–Kier alpha value is -1.88. The Kier molecular flexibility index (Phi) is 5.72. The van der Waals surface area contributed by atoms with E-state index in [0.29, 0.717) is 11.9 Å². The van der Waals surface area contributed by atoms with E-state index < -0.39 is 0 Å². The van der Waals surface area contributed by atoms with Gasteiger partial charge in [-0.15, -0.1) is 0 Å². The molecule has 152 valence electrons. The lowest BCUT2D eigenvalue weighted by Gasteiger charge is -2.31. The second kappa shape index (κ2) is 8.24. The maximum absolute atomic E-state index is 12.9. The molecule has 1 aromatic rings. The summed E-state index contributed by atoms with van der Waals surface area (Å²) in [5, 5.41) is 3.28. The Balaban J connectivity index is 1.23. The average molecular weight is 384 g/mol. The second-order valence-corrected chi connectivity index (χ2v) is 9.12. The first-order valence-electron chi connectivity index (χ1n) is 10.8. The van der Waals surface area contributed by atoms with Crippen molar-refractivity contribution >= 4 is 11.8 Å². The Morgan fingerprint density at radius 3 is 2.18 bits per heavy atom. The van der Waals surface area contributed by atoms with Crippen molar-refractivity contribution in [3.63, 3.8) is 0 Å². The lowest BCUT2D eigenvalue weighted by atomic mass is 9.85. The van der Waals surface area contributed by atoms with Crippen LogP contribution in [-0.4, -0.2) is 60.9 Å². The molecular formula is C23H33N3O2. The molecule has 2 fully saturated rings. The lowest BCUT2D eigenvalue weighted by molar-refractivity contribution is -0.135. The summed E-state index contributed by atoms with van der Waals surface area (Å²) in [5.41, 5.74) is 2.64. The second-order valence-electron chi connectivity index (χ2n) is 9.12. The molecule has 4 rings (SSSR count). The molecule has 1 unspecified atom stereocenters. The first-order chi connectivity index (χ1) is 13.5. The number of nitrogens with one attached hydrogen (secondary N) is 1. The van der Waals surface area contributed by atoms with E-state index in [1.807, 2.05) is 0 Å². The number of amides is 2. The van der Waals surface area contributed by atoms with Crippen LogP contribution in [0, 0.1) is 11.8 Å². The number of likely N-dealkylation sites (N-methyl/N-ethyl adjacent to an activating group) is 1. The number of hydrogen-bond acceptors (Lipinski definition) is 3. The third-order valence-corrected chi connectivity index (χ3v) is 7.05. The van der Waals surface area contributed by atoms with Crippen LogP contribution in [0.2, 0.25) is 0 Å². The molecule has 1 saturated heterocycles. The minimum absolute atomic E-state index is 0.0734. The van der Waals surface area contributed by atoms with E-state index in [0.717, 1.165) is 58.0 Å². The van der Waals surface area contributed by atoms with Gasteiger partial charge in [0.1, 0.15) is 0 Å². The maximum atomic E-state index is 12.9. The largest absolute Gasteiger partial charge is 0.353 e. The van der Waals surface area contributed by atoms with Gasteiger partial charge in [0, 0.05) is 37.0 Å². The normalized spacial score (nSPS) is 27.8. The van der Waals surface area contributed by atoms with Gasteiger partial charge in [0.25, 0.3) is 0 Å². The van der Waals surface area contributed by atoms with Gasteiger partial charge in [-0.25, -0.2) is 0 Å². The van der Waals surface area contributed by atoms with Gasteiger partial charge in [0.2, 0.25) is 11.8 Å². The molecule has 0 bridgehead atoms. The van der Waals surface area contributed by atoms with Gasteiger partial charge in [-0.05, 0) is 70.2 Å². The van der Waals surface area contributed by atoms with Gasteiger partial charge in [-0.3, -0.25) is 9.59 Å². The molecule has 2 aliphatic carbocycles. The summed E-state index contributed by atoms with van der Waals surface area (Å²) < 4.78 is 0. The van der Waals surface area contributed by atoms with Crippen molar-refractivity contribution in [1.29, 1.82) is 0 Å². The quantitative estimate of drug-likeness (QED) is 0.868. The van der Waals surface area contributed by atoms with Crippen molar-refractivity contribution in [2.24, 2.45) is 11.8 Å². The average Bonchev–Trinajstić information content (AvgIpc) is 3.35. The van der Waals surface area contributed by atoms with Crippen LogP contribution in [0.4, 0.5) is 0 Å². The maximum Gasteiger partial charge on any atom is 0.225 e. The van der Waals surface area contributed by atoms with Crippen LogP contribution in [0.1, 0.15) is 43.2 Å². The topological polar surface area (TPSA) is 52.6 Å². The van der Waals surface area contributed by atoms with E-state index in [2.05, 4.69) is 53.5 Å². The van der Waals surface area contributed by atoms with Crippen LogP contribution in [0.15, 0.2) is 24.3 Å². The van der Waals surface area contributed by atoms with Gasteiger partial charge < -0.3 is 15.1 Å². The summed E-state index contributed by atoms with van der Waals surface area (Å²) in [6, 6.07) is 9.11. The number of nitrogens with zero attached hydrogens (tertiary/aromatic N) is 2. The third kappa shape index (κ3) is 4.09. The number of rotatable bonds is 4. The SMILES string of the molecule is CN(C)C1CCN(C(=O)C2CCC(NC(=O)C3Cc4ccccc4C3)CC2)C1. The highest BCUT2D eigenvalue weighted by Crippen LogP contribution is 2.30. The molecule has 1 aliphatic heterocycles. The fourth-order valence-electron chi connectivity index (χ4n) is 5.17. The molecule has 1 heterocycles. The number of hydrogen-bond donors (Lipinski definition) is 1. The molecule has 5 nitrogen and oxygen atoms in total. The molecule has 1 N–H and O–H groups in total. The number of fused-ring (bicyclic) bond motifs is 1. The molecule has 2 amide bonds. The van der Waals surface area contributed by atoms with Gasteiger partial charge in [0.15, 0.2) is 0 Å². The molecule has 5 heteroatoms. The van der Waals surface area contributed by atoms with Crippen molar-refractivity contribution in [2.75, 3.05) is 27.2 Å². The third-order valence-electron chi connectivity index (χ3n) is 7.05.